The maximum Gasteiger partial charge on any atom is 0.301 e. The van der Waals surface area contributed by atoms with E-state index in [2.05, 4.69) is 4.98 Å². The van der Waals surface area contributed by atoms with Gasteiger partial charge in [0.15, 0.2) is 22.4 Å². The molecule has 0 aliphatic carbocycles. The summed E-state index contributed by atoms with van der Waals surface area (Å²) in [5.74, 6) is -0.729. The van der Waals surface area contributed by atoms with E-state index in [1.165, 1.54) is 11.8 Å². The zero-order valence-corrected chi connectivity index (χ0v) is 22.0. The zero-order chi connectivity index (χ0) is 27.0. The van der Waals surface area contributed by atoms with Gasteiger partial charge >= 0.3 is 5.91 Å². The lowest BCUT2D eigenvalue weighted by molar-refractivity contribution is -0.132. The minimum Gasteiger partial charge on any atom is -0.507 e. The molecule has 0 saturated carbocycles. The van der Waals surface area contributed by atoms with Crippen LogP contribution in [0.25, 0.3) is 5.76 Å². The van der Waals surface area contributed by atoms with Gasteiger partial charge in [-0.1, -0.05) is 30.4 Å². The highest BCUT2D eigenvalue weighted by atomic mass is 32.1. The SMILES string of the molecule is CCCOc1cccc(C2/C(=C(\O)c3ccc4c(c3)OCCO4)C(=O)C(=O)N2c2nc(C)c(C(C)=O)s2)c1. The quantitative estimate of drug-likeness (QED) is 0.198. The van der Waals surface area contributed by atoms with Crippen LogP contribution in [0.1, 0.15) is 52.8 Å². The van der Waals surface area contributed by atoms with Gasteiger partial charge in [0.2, 0.25) is 0 Å². The molecule has 10 heteroatoms. The number of carbonyl (C=O) groups excluding carboxylic acids is 3. The number of nitrogens with zero attached hydrogens (tertiary/aromatic N) is 2. The molecule has 0 radical (unpaired) electrons. The Kier molecular flexibility index (Phi) is 6.90. The number of aliphatic hydroxyl groups excluding tert-OH is 1. The van der Waals surface area contributed by atoms with E-state index < -0.39 is 17.7 Å². The van der Waals surface area contributed by atoms with Gasteiger partial charge in [-0.15, -0.1) is 0 Å². The first-order chi connectivity index (χ1) is 18.3. The molecule has 2 aromatic carbocycles. The van der Waals surface area contributed by atoms with Crippen LogP contribution in [0.4, 0.5) is 5.13 Å². The number of benzene rings is 2. The van der Waals surface area contributed by atoms with Crippen LogP contribution in [0, 0.1) is 6.92 Å². The average Bonchev–Trinajstić information content (AvgIpc) is 3.43. The molecule has 9 nitrogen and oxygen atoms in total. The van der Waals surface area contributed by atoms with Crippen molar-refractivity contribution in [3.05, 3.63) is 69.7 Å². The lowest BCUT2D eigenvalue weighted by Crippen LogP contribution is -2.29. The fourth-order valence-corrected chi connectivity index (χ4v) is 5.49. The van der Waals surface area contributed by atoms with Gasteiger partial charge in [0, 0.05) is 12.5 Å². The molecule has 1 unspecified atom stereocenters. The second kappa shape index (κ2) is 10.3. The smallest absolute Gasteiger partial charge is 0.301 e. The number of amides is 1. The van der Waals surface area contributed by atoms with Gasteiger partial charge in [0.1, 0.15) is 24.7 Å². The van der Waals surface area contributed by atoms with Crippen LogP contribution in [-0.4, -0.2) is 47.4 Å². The number of anilines is 1. The number of aliphatic hydroxyl groups is 1. The Balaban J connectivity index is 1.68. The van der Waals surface area contributed by atoms with Crippen LogP contribution in [0.5, 0.6) is 17.2 Å². The van der Waals surface area contributed by atoms with E-state index in [-0.39, 0.29) is 22.2 Å². The van der Waals surface area contributed by atoms with Crippen molar-refractivity contribution in [3.63, 3.8) is 0 Å². The van der Waals surface area contributed by atoms with Gasteiger partial charge in [-0.25, -0.2) is 4.98 Å². The second-order valence-corrected chi connectivity index (χ2v) is 9.89. The first-order valence-electron chi connectivity index (χ1n) is 12.2. The number of aryl methyl sites for hydroxylation is 1. The maximum absolute atomic E-state index is 13.5. The van der Waals surface area contributed by atoms with E-state index in [1.54, 1.807) is 49.4 Å². The van der Waals surface area contributed by atoms with Crippen molar-refractivity contribution in [3.8, 4) is 17.2 Å². The van der Waals surface area contributed by atoms with Crippen LogP contribution in [0.2, 0.25) is 0 Å². The Labute approximate surface area is 223 Å². The van der Waals surface area contributed by atoms with Gasteiger partial charge in [0.05, 0.1) is 28.8 Å². The number of ketones is 2. The highest BCUT2D eigenvalue weighted by Gasteiger charge is 2.48. The van der Waals surface area contributed by atoms with Crippen molar-refractivity contribution in [2.75, 3.05) is 24.7 Å². The Hall–Kier alpha value is -4.18. The topological polar surface area (TPSA) is 115 Å². The van der Waals surface area contributed by atoms with Crippen LogP contribution in [0.15, 0.2) is 48.0 Å². The third kappa shape index (κ3) is 4.51. The van der Waals surface area contributed by atoms with Crippen molar-refractivity contribution in [2.45, 2.75) is 33.2 Å². The van der Waals surface area contributed by atoms with Crippen molar-refractivity contribution < 1.29 is 33.7 Å². The molecule has 1 saturated heterocycles. The number of aromatic nitrogens is 1. The number of thiazole rings is 1. The van der Waals surface area contributed by atoms with Crippen LogP contribution in [0.3, 0.4) is 0 Å². The Bertz CT molecular complexity index is 1480. The normalized spacial score (nSPS) is 18.1. The van der Waals surface area contributed by atoms with Crippen LogP contribution in [-0.2, 0) is 9.59 Å². The fraction of sp³-hybridized carbons (Fsp3) is 0.286. The van der Waals surface area contributed by atoms with E-state index in [1.807, 2.05) is 6.92 Å². The van der Waals surface area contributed by atoms with E-state index in [0.717, 1.165) is 17.8 Å². The minimum atomic E-state index is -1.00. The summed E-state index contributed by atoms with van der Waals surface area (Å²) in [7, 11) is 0. The van der Waals surface area contributed by atoms with Crippen molar-refractivity contribution in [2.24, 2.45) is 0 Å². The highest BCUT2D eigenvalue weighted by molar-refractivity contribution is 7.18. The Morgan fingerprint density at radius 1 is 1.16 bits per heavy atom. The third-order valence-corrected chi connectivity index (χ3v) is 7.48. The summed E-state index contributed by atoms with van der Waals surface area (Å²) in [6.45, 7) is 6.35. The summed E-state index contributed by atoms with van der Waals surface area (Å²) >= 11 is 1.04. The van der Waals surface area contributed by atoms with Crippen LogP contribution >= 0.6 is 11.3 Å². The summed E-state index contributed by atoms with van der Waals surface area (Å²) < 4.78 is 17.0. The third-order valence-electron chi connectivity index (χ3n) is 6.22. The largest absolute Gasteiger partial charge is 0.507 e. The number of ether oxygens (including phenoxy) is 3. The molecule has 2 aliphatic rings. The molecule has 1 N–H and O–H groups in total. The molecule has 3 heterocycles. The summed E-state index contributed by atoms with van der Waals surface area (Å²) in [6.07, 6.45) is 0.805. The molecule has 1 fully saturated rings. The maximum atomic E-state index is 13.5. The molecule has 1 amide bonds. The molecule has 3 aromatic rings. The predicted molar refractivity (Wildman–Crippen MR) is 141 cm³/mol. The molecule has 1 atom stereocenters. The van der Waals surface area contributed by atoms with Crippen LogP contribution < -0.4 is 19.1 Å². The monoisotopic (exact) mass is 534 g/mol. The molecule has 2 aliphatic heterocycles. The number of hydrogen-bond donors (Lipinski definition) is 1. The lowest BCUT2D eigenvalue weighted by atomic mass is 9.95. The molecule has 196 valence electrons. The molecule has 0 bridgehead atoms. The van der Waals surface area contributed by atoms with Gasteiger partial charge < -0.3 is 19.3 Å². The number of carbonyl (C=O) groups is 3. The second-order valence-electron chi connectivity index (χ2n) is 8.92. The average molecular weight is 535 g/mol. The van der Waals surface area contributed by atoms with Gasteiger partial charge in [-0.3, -0.25) is 19.3 Å². The minimum absolute atomic E-state index is 0.100. The van der Waals surface area contributed by atoms with Crippen molar-refractivity contribution in [1.29, 1.82) is 0 Å². The first kappa shape index (κ1) is 25.5. The van der Waals surface area contributed by atoms with E-state index in [0.29, 0.717) is 58.8 Å². The standard InChI is InChI=1S/C28H26N2O7S/c1-4-10-35-19-7-5-6-17(13-19)23-22(24(32)18-8-9-20-21(14-18)37-12-11-36-20)25(33)27(34)30(23)28-29-15(2)26(38-28)16(3)31/h5-9,13-14,23,32H,4,10-12H2,1-3H3/b24-22+. The van der Waals surface area contributed by atoms with E-state index in [4.69, 9.17) is 14.2 Å². The summed E-state index contributed by atoms with van der Waals surface area (Å²) in [5.41, 5.74) is 1.21. The molecule has 38 heavy (non-hydrogen) atoms. The number of fused-ring (bicyclic) bond motifs is 1. The number of Topliss-reactive ketones (excluding diaryl/α,β-unsaturated/α-hetero) is 2. The molecular formula is C28H26N2O7S. The Morgan fingerprint density at radius 2 is 1.92 bits per heavy atom. The summed E-state index contributed by atoms with van der Waals surface area (Å²) in [4.78, 5) is 45.1. The molecule has 5 rings (SSSR count). The van der Waals surface area contributed by atoms with Gasteiger partial charge in [0.25, 0.3) is 5.78 Å². The molecular weight excluding hydrogens is 508 g/mol. The van der Waals surface area contributed by atoms with Crippen molar-refractivity contribution >= 4 is 39.7 Å². The highest BCUT2D eigenvalue weighted by Crippen LogP contribution is 2.45. The van der Waals surface area contributed by atoms with E-state index >= 15 is 0 Å². The number of hydrogen-bond acceptors (Lipinski definition) is 9. The van der Waals surface area contributed by atoms with Gasteiger partial charge in [-0.05, 0) is 49.2 Å². The first-order valence-corrected chi connectivity index (χ1v) is 13.0. The van der Waals surface area contributed by atoms with E-state index in [9.17, 15) is 19.5 Å². The number of rotatable bonds is 7. The summed E-state index contributed by atoms with van der Waals surface area (Å²) in [6, 6.07) is 10.9. The fourth-order valence-electron chi connectivity index (χ4n) is 4.50. The lowest BCUT2D eigenvalue weighted by Gasteiger charge is -2.24. The Morgan fingerprint density at radius 3 is 2.63 bits per heavy atom. The molecule has 1 aromatic heterocycles. The van der Waals surface area contributed by atoms with Crippen molar-refractivity contribution in [1.82, 2.24) is 4.98 Å². The predicted octanol–water partition coefficient (Wildman–Crippen LogP) is 4.84. The summed E-state index contributed by atoms with van der Waals surface area (Å²) in [5, 5.41) is 11.6. The van der Waals surface area contributed by atoms with Gasteiger partial charge in [-0.2, -0.15) is 0 Å². The zero-order valence-electron chi connectivity index (χ0n) is 21.1. The molecule has 0 spiro atoms.